The van der Waals surface area contributed by atoms with E-state index in [4.69, 9.17) is 0 Å². The largest absolute Gasteiger partial charge is 0.350 e. The second-order valence-corrected chi connectivity index (χ2v) is 12.1. The summed E-state index contributed by atoms with van der Waals surface area (Å²) in [5, 5.41) is 3.45. The van der Waals surface area contributed by atoms with E-state index in [1.807, 2.05) is 19.1 Å². The van der Waals surface area contributed by atoms with E-state index in [2.05, 4.69) is 5.32 Å². The van der Waals surface area contributed by atoms with Crippen LogP contribution in [-0.4, -0.2) is 37.3 Å². The predicted molar refractivity (Wildman–Crippen MR) is 112 cm³/mol. The molecule has 158 valence electrons. The van der Waals surface area contributed by atoms with Crippen LogP contribution in [0, 0.1) is 30.6 Å². The molecule has 5 nitrogen and oxygen atoms in total. The van der Waals surface area contributed by atoms with E-state index in [0.717, 1.165) is 55.4 Å². The molecule has 1 aromatic carbocycles. The van der Waals surface area contributed by atoms with Crippen LogP contribution in [0.4, 0.5) is 0 Å². The van der Waals surface area contributed by atoms with Crippen LogP contribution in [0.3, 0.4) is 0 Å². The van der Waals surface area contributed by atoms with Gasteiger partial charge in [0.25, 0.3) is 0 Å². The summed E-state index contributed by atoms with van der Waals surface area (Å²) < 4.78 is 27.7. The van der Waals surface area contributed by atoms with E-state index >= 15 is 0 Å². The molecular weight excluding hydrogens is 384 g/mol. The van der Waals surface area contributed by atoms with Crippen LogP contribution in [0.2, 0.25) is 0 Å². The van der Waals surface area contributed by atoms with Crippen molar-refractivity contribution >= 4 is 15.9 Å². The lowest BCUT2D eigenvalue weighted by Gasteiger charge is -2.57. The number of aryl methyl sites for hydroxylation is 1. The lowest BCUT2D eigenvalue weighted by molar-refractivity contribution is -0.131. The lowest BCUT2D eigenvalue weighted by Crippen LogP contribution is -2.61. The summed E-state index contributed by atoms with van der Waals surface area (Å²) in [4.78, 5) is 13.5. The van der Waals surface area contributed by atoms with Crippen LogP contribution < -0.4 is 5.32 Å². The van der Waals surface area contributed by atoms with Gasteiger partial charge in [0.2, 0.25) is 15.9 Å². The summed E-state index contributed by atoms with van der Waals surface area (Å²) >= 11 is 0. The highest BCUT2D eigenvalue weighted by molar-refractivity contribution is 7.89. The second kappa shape index (κ2) is 7.09. The van der Waals surface area contributed by atoms with Gasteiger partial charge in [-0.2, -0.15) is 4.31 Å². The summed E-state index contributed by atoms with van der Waals surface area (Å²) in [6, 6.07) is 7.00. The van der Waals surface area contributed by atoms with E-state index in [0.29, 0.717) is 18.0 Å². The third-order valence-corrected chi connectivity index (χ3v) is 9.72. The second-order valence-electron chi connectivity index (χ2n) is 10.2. The highest BCUT2D eigenvalue weighted by Crippen LogP contribution is 2.55. The number of carbonyl (C=O) groups is 1. The third kappa shape index (κ3) is 3.63. The fourth-order valence-corrected chi connectivity index (χ4v) is 8.39. The van der Waals surface area contributed by atoms with Gasteiger partial charge >= 0.3 is 0 Å². The van der Waals surface area contributed by atoms with Crippen molar-refractivity contribution in [3.05, 3.63) is 29.8 Å². The highest BCUT2D eigenvalue weighted by atomic mass is 32.2. The number of rotatable bonds is 4. The minimum Gasteiger partial charge on any atom is -0.350 e. The maximum absolute atomic E-state index is 13.2. The molecule has 1 unspecified atom stereocenters. The third-order valence-electron chi connectivity index (χ3n) is 7.84. The fraction of sp³-hybridized carbons (Fsp3) is 0.696. The van der Waals surface area contributed by atoms with E-state index in [1.54, 1.807) is 12.1 Å². The molecule has 1 N–H and O–H groups in total. The Labute approximate surface area is 174 Å². The summed E-state index contributed by atoms with van der Waals surface area (Å²) in [5.74, 6) is 2.19. The maximum atomic E-state index is 13.2. The van der Waals surface area contributed by atoms with E-state index in [9.17, 15) is 13.2 Å². The van der Waals surface area contributed by atoms with Gasteiger partial charge in [0.05, 0.1) is 10.8 Å². The number of nitrogens with zero attached hydrogens (tertiary/aromatic N) is 1. The van der Waals surface area contributed by atoms with Crippen LogP contribution >= 0.6 is 0 Å². The van der Waals surface area contributed by atoms with Crippen molar-refractivity contribution in [2.75, 3.05) is 13.1 Å². The molecular formula is C23H32N2O3S. The zero-order chi connectivity index (χ0) is 20.2. The molecule has 5 aliphatic rings. The first kappa shape index (κ1) is 19.6. The van der Waals surface area contributed by atoms with Gasteiger partial charge in [0.15, 0.2) is 0 Å². The van der Waals surface area contributed by atoms with Gasteiger partial charge in [0.1, 0.15) is 0 Å². The van der Waals surface area contributed by atoms with Crippen molar-refractivity contribution in [3.8, 4) is 0 Å². The summed E-state index contributed by atoms with van der Waals surface area (Å²) in [6.45, 7) is 2.74. The number of hydrogen-bond acceptors (Lipinski definition) is 3. The molecule has 5 fully saturated rings. The van der Waals surface area contributed by atoms with Crippen molar-refractivity contribution in [1.29, 1.82) is 0 Å². The minimum atomic E-state index is -3.55. The average molecular weight is 417 g/mol. The van der Waals surface area contributed by atoms with Crippen molar-refractivity contribution in [3.63, 3.8) is 0 Å². The maximum Gasteiger partial charge on any atom is 0.243 e. The van der Waals surface area contributed by atoms with Crippen LogP contribution in [0.25, 0.3) is 0 Å². The molecule has 4 saturated carbocycles. The van der Waals surface area contributed by atoms with Crippen molar-refractivity contribution in [2.24, 2.45) is 23.7 Å². The van der Waals surface area contributed by atoms with Gasteiger partial charge in [0, 0.05) is 18.6 Å². The quantitative estimate of drug-likeness (QED) is 0.817. The van der Waals surface area contributed by atoms with Crippen LogP contribution in [-0.2, 0) is 14.8 Å². The molecule has 0 spiro atoms. The van der Waals surface area contributed by atoms with Gasteiger partial charge < -0.3 is 5.32 Å². The molecule has 1 saturated heterocycles. The first-order valence-corrected chi connectivity index (χ1v) is 12.7. The molecule has 1 heterocycles. The molecule has 1 amide bonds. The molecule has 6 heteroatoms. The SMILES string of the molecule is Cc1ccc(S(=O)(=O)N2CCCC(C(=O)NC34CC5CC(CC(C5)C3)C4)C2)cc1. The van der Waals surface area contributed by atoms with Crippen LogP contribution in [0.1, 0.15) is 56.9 Å². The molecule has 4 bridgehead atoms. The predicted octanol–water partition coefficient (Wildman–Crippen LogP) is 3.48. The zero-order valence-corrected chi connectivity index (χ0v) is 18.1. The Morgan fingerprint density at radius 1 is 1.03 bits per heavy atom. The van der Waals surface area contributed by atoms with Crippen molar-refractivity contribution in [1.82, 2.24) is 9.62 Å². The molecule has 29 heavy (non-hydrogen) atoms. The van der Waals surface area contributed by atoms with Gasteiger partial charge in [-0.05, 0) is 88.2 Å². The fourth-order valence-electron chi connectivity index (χ4n) is 6.86. The molecule has 0 aromatic heterocycles. The summed E-state index contributed by atoms with van der Waals surface area (Å²) in [6.07, 6.45) is 8.94. The zero-order valence-electron chi connectivity index (χ0n) is 17.3. The minimum absolute atomic E-state index is 0.00998. The number of amides is 1. The Kier molecular flexibility index (Phi) is 4.78. The van der Waals surface area contributed by atoms with Gasteiger partial charge in [-0.1, -0.05) is 17.7 Å². The molecule has 0 radical (unpaired) electrons. The monoisotopic (exact) mass is 416 g/mol. The number of sulfonamides is 1. The first-order chi connectivity index (χ1) is 13.8. The molecule has 1 aliphatic heterocycles. The van der Waals surface area contributed by atoms with E-state index in [1.165, 1.54) is 23.6 Å². The number of hydrogen-bond donors (Lipinski definition) is 1. The lowest BCUT2D eigenvalue weighted by atomic mass is 9.53. The molecule has 6 rings (SSSR count). The Balaban J connectivity index is 1.28. The number of piperidine rings is 1. The van der Waals surface area contributed by atoms with Crippen molar-refractivity contribution in [2.45, 2.75) is 68.7 Å². The van der Waals surface area contributed by atoms with E-state index in [-0.39, 0.29) is 17.4 Å². The normalized spacial score (nSPS) is 36.9. The van der Waals surface area contributed by atoms with Gasteiger partial charge in [-0.3, -0.25) is 4.79 Å². The molecule has 4 aliphatic carbocycles. The Morgan fingerprint density at radius 3 is 2.21 bits per heavy atom. The smallest absolute Gasteiger partial charge is 0.243 e. The first-order valence-electron chi connectivity index (χ1n) is 11.2. The van der Waals surface area contributed by atoms with Gasteiger partial charge in [-0.15, -0.1) is 0 Å². The molecule has 1 aromatic rings. The standard InChI is InChI=1S/C23H32N2O3S/c1-16-4-6-21(7-5-16)29(27,28)25-8-2-3-20(15-25)22(26)24-23-12-17-9-18(13-23)11-19(10-17)14-23/h4-7,17-20H,2-3,8-15H2,1H3,(H,24,26). The van der Waals surface area contributed by atoms with Gasteiger partial charge in [-0.25, -0.2) is 8.42 Å². The topological polar surface area (TPSA) is 66.5 Å². The Morgan fingerprint density at radius 2 is 1.62 bits per heavy atom. The summed E-state index contributed by atoms with van der Waals surface area (Å²) in [7, 11) is -3.55. The Hall–Kier alpha value is -1.40. The van der Waals surface area contributed by atoms with Crippen LogP contribution in [0.15, 0.2) is 29.2 Å². The number of nitrogens with one attached hydrogen (secondary N) is 1. The number of carbonyl (C=O) groups excluding carboxylic acids is 1. The summed E-state index contributed by atoms with van der Waals surface area (Å²) in [5.41, 5.74) is 1.03. The molecule has 1 atom stereocenters. The number of benzene rings is 1. The average Bonchev–Trinajstić information content (AvgIpc) is 2.67. The van der Waals surface area contributed by atoms with Crippen molar-refractivity contribution < 1.29 is 13.2 Å². The van der Waals surface area contributed by atoms with E-state index < -0.39 is 10.0 Å². The highest BCUT2D eigenvalue weighted by Gasteiger charge is 2.52. The Bertz CT molecular complexity index is 858. The van der Waals surface area contributed by atoms with Crippen LogP contribution in [0.5, 0.6) is 0 Å².